The molecule has 0 amide bonds. The first-order valence-corrected chi connectivity index (χ1v) is 6.95. The number of carbonyl (C=O) groups excluding carboxylic acids is 1. The summed E-state index contributed by atoms with van der Waals surface area (Å²) in [4.78, 5) is 12.1. The second-order valence-electron chi connectivity index (χ2n) is 4.30. The molecule has 0 aliphatic rings. The predicted octanol–water partition coefficient (Wildman–Crippen LogP) is 3.55. The fraction of sp³-hybridized carbons (Fsp3) is 0.533. The monoisotopic (exact) mass is 284 g/mol. The molecule has 4 heteroatoms. The Morgan fingerprint density at radius 1 is 1.26 bits per heavy atom. The van der Waals surface area contributed by atoms with Gasteiger partial charge in [-0.25, -0.2) is 0 Å². The summed E-state index contributed by atoms with van der Waals surface area (Å²) < 4.78 is 10.8. The lowest BCUT2D eigenvalue weighted by molar-refractivity contribution is -0.151. The molecule has 0 aromatic heterocycles. The number of hydrogen-bond acceptors (Lipinski definition) is 3. The first-order valence-electron chi connectivity index (χ1n) is 6.57. The van der Waals surface area contributed by atoms with Crippen molar-refractivity contribution in [1.29, 1.82) is 0 Å². The highest BCUT2D eigenvalue weighted by Gasteiger charge is 2.16. The van der Waals surface area contributed by atoms with Crippen LogP contribution in [0.3, 0.4) is 0 Å². The number of rotatable bonds is 8. The molecule has 0 radical (unpaired) electrons. The van der Waals surface area contributed by atoms with Crippen LogP contribution in [0.4, 0.5) is 0 Å². The molecule has 0 spiro atoms. The van der Waals surface area contributed by atoms with E-state index in [4.69, 9.17) is 21.1 Å². The third-order valence-electron chi connectivity index (χ3n) is 2.83. The summed E-state index contributed by atoms with van der Waals surface area (Å²) in [5.41, 5.74) is 1.92. The number of ether oxygens (including phenoxy) is 2. The Hall–Kier alpha value is -0.900. The fourth-order valence-corrected chi connectivity index (χ4v) is 2.17. The predicted molar refractivity (Wildman–Crippen MR) is 76.6 cm³/mol. The van der Waals surface area contributed by atoms with Gasteiger partial charge in [-0.15, -0.1) is 0 Å². The summed E-state index contributed by atoms with van der Waals surface area (Å²) in [5, 5.41) is 0.637. The van der Waals surface area contributed by atoms with Crippen LogP contribution >= 0.6 is 11.6 Å². The van der Waals surface area contributed by atoms with Crippen LogP contribution in [0.25, 0.3) is 0 Å². The van der Waals surface area contributed by atoms with Crippen molar-refractivity contribution in [3.63, 3.8) is 0 Å². The van der Waals surface area contributed by atoms with Gasteiger partial charge < -0.3 is 9.47 Å². The first kappa shape index (κ1) is 16.2. The van der Waals surface area contributed by atoms with Crippen molar-refractivity contribution >= 4 is 17.4 Å². The summed E-state index contributed by atoms with van der Waals surface area (Å²) in [6, 6.07) is 5.64. The van der Waals surface area contributed by atoms with Gasteiger partial charge in [0.15, 0.2) is 6.29 Å². The lowest BCUT2D eigenvalue weighted by atomic mass is 10.0. The second-order valence-corrected chi connectivity index (χ2v) is 4.70. The molecular weight excluding hydrogens is 264 g/mol. The van der Waals surface area contributed by atoms with Gasteiger partial charge in [-0.2, -0.15) is 0 Å². The maximum absolute atomic E-state index is 12.1. The van der Waals surface area contributed by atoms with Crippen LogP contribution < -0.4 is 0 Å². The molecule has 0 atom stereocenters. The van der Waals surface area contributed by atoms with Crippen molar-refractivity contribution in [3.05, 3.63) is 34.3 Å². The molecule has 0 unspecified atom stereocenters. The van der Waals surface area contributed by atoms with Gasteiger partial charge in [-0.3, -0.25) is 4.79 Å². The Morgan fingerprint density at radius 2 is 1.89 bits per heavy atom. The zero-order valence-electron chi connectivity index (χ0n) is 11.7. The molecular formula is C15H21ClO3. The van der Waals surface area contributed by atoms with Crippen LogP contribution in [0.1, 0.15) is 31.4 Å². The average Bonchev–Trinajstić information content (AvgIpc) is 2.35. The quantitative estimate of drug-likeness (QED) is 0.685. The minimum Gasteiger partial charge on any atom is -0.352 e. The Morgan fingerprint density at radius 3 is 2.42 bits per heavy atom. The smallest absolute Gasteiger partial charge is 0.164 e. The molecule has 3 nitrogen and oxygen atoms in total. The minimum absolute atomic E-state index is 0.0723. The van der Waals surface area contributed by atoms with E-state index in [1.165, 1.54) is 0 Å². The van der Waals surface area contributed by atoms with E-state index < -0.39 is 6.29 Å². The highest BCUT2D eigenvalue weighted by Crippen LogP contribution is 2.21. The molecule has 0 bridgehead atoms. The van der Waals surface area contributed by atoms with Crippen molar-refractivity contribution in [3.8, 4) is 0 Å². The molecule has 19 heavy (non-hydrogen) atoms. The summed E-state index contributed by atoms with van der Waals surface area (Å²) in [6.07, 6.45) is 0.124. The SMILES string of the molecule is CCOC(CC(=O)Cc1c(C)cccc1Cl)OCC. The summed E-state index contributed by atoms with van der Waals surface area (Å²) in [6.45, 7) is 6.78. The van der Waals surface area contributed by atoms with Gasteiger partial charge in [0, 0.05) is 24.7 Å². The topological polar surface area (TPSA) is 35.5 Å². The number of carbonyl (C=O) groups is 1. The third kappa shape index (κ3) is 5.31. The largest absolute Gasteiger partial charge is 0.352 e. The van der Waals surface area contributed by atoms with E-state index in [0.29, 0.717) is 24.7 Å². The Balaban J connectivity index is 2.63. The van der Waals surface area contributed by atoms with E-state index in [0.717, 1.165) is 11.1 Å². The van der Waals surface area contributed by atoms with Crippen LogP contribution in [0.2, 0.25) is 5.02 Å². The first-order chi connectivity index (χ1) is 9.08. The van der Waals surface area contributed by atoms with Crippen LogP contribution in [0.15, 0.2) is 18.2 Å². The van der Waals surface area contributed by atoms with Crippen LogP contribution in [0, 0.1) is 6.92 Å². The van der Waals surface area contributed by atoms with E-state index in [-0.39, 0.29) is 12.2 Å². The van der Waals surface area contributed by atoms with Crippen molar-refractivity contribution in [1.82, 2.24) is 0 Å². The molecule has 0 saturated heterocycles. The highest BCUT2D eigenvalue weighted by atomic mass is 35.5. The number of Topliss-reactive ketones (excluding diaryl/α,β-unsaturated/α-hetero) is 1. The van der Waals surface area contributed by atoms with Gasteiger partial charge in [-0.05, 0) is 38.0 Å². The average molecular weight is 285 g/mol. The zero-order chi connectivity index (χ0) is 14.3. The Kier molecular flexibility index (Phi) is 7.06. The van der Waals surface area contributed by atoms with Crippen LogP contribution in [0.5, 0.6) is 0 Å². The summed E-state index contributed by atoms with van der Waals surface area (Å²) in [7, 11) is 0. The van der Waals surface area contributed by atoms with Crippen LogP contribution in [-0.4, -0.2) is 25.3 Å². The van der Waals surface area contributed by atoms with Crippen molar-refractivity contribution < 1.29 is 14.3 Å². The number of ketones is 1. The zero-order valence-corrected chi connectivity index (χ0v) is 12.5. The van der Waals surface area contributed by atoms with Crippen molar-refractivity contribution in [2.24, 2.45) is 0 Å². The minimum atomic E-state index is -0.453. The summed E-state index contributed by atoms with van der Waals surface area (Å²) >= 11 is 6.12. The molecule has 106 valence electrons. The lowest BCUT2D eigenvalue weighted by Crippen LogP contribution is -2.22. The van der Waals surface area contributed by atoms with Gasteiger partial charge in [0.25, 0.3) is 0 Å². The molecule has 0 saturated carbocycles. The third-order valence-corrected chi connectivity index (χ3v) is 3.18. The number of aryl methyl sites for hydroxylation is 1. The highest BCUT2D eigenvalue weighted by molar-refractivity contribution is 6.31. The molecule has 0 aliphatic heterocycles. The summed E-state index contributed by atoms with van der Waals surface area (Å²) in [5.74, 6) is 0.0723. The number of benzene rings is 1. The number of halogens is 1. The Bertz CT molecular complexity index is 392. The maximum atomic E-state index is 12.1. The molecule has 0 aliphatic carbocycles. The van der Waals surface area contributed by atoms with E-state index in [1.807, 2.05) is 32.9 Å². The molecule has 0 N–H and O–H groups in total. The van der Waals surface area contributed by atoms with Crippen molar-refractivity contribution in [2.75, 3.05) is 13.2 Å². The van der Waals surface area contributed by atoms with Gasteiger partial charge in [-0.1, -0.05) is 23.7 Å². The van der Waals surface area contributed by atoms with Crippen molar-refractivity contribution in [2.45, 2.75) is 39.9 Å². The van der Waals surface area contributed by atoms with E-state index in [9.17, 15) is 4.79 Å². The van der Waals surface area contributed by atoms with E-state index in [1.54, 1.807) is 6.07 Å². The normalized spacial score (nSPS) is 11.0. The van der Waals surface area contributed by atoms with E-state index in [2.05, 4.69) is 0 Å². The van der Waals surface area contributed by atoms with E-state index >= 15 is 0 Å². The second kappa shape index (κ2) is 8.31. The Labute approximate surface area is 119 Å². The molecule has 1 aromatic carbocycles. The fourth-order valence-electron chi connectivity index (χ4n) is 1.88. The molecule has 1 rings (SSSR count). The molecule has 0 fully saturated rings. The maximum Gasteiger partial charge on any atom is 0.164 e. The van der Waals surface area contributed by atoms with Gasteiger partial charge in [0.05, 0.1) is 6.42 Å². The van der Waals surface area contributed by atoms with Gasteiger partial charge in [0.1, 0.15) is 5.78 Å². The van der Waals surface area contributed by atoms with Crippen LogP contribution in [-0.2, 0) is 20.7 Å². The van der Waals surface area contributed by atoms with Gasteiger partial charge in [0.2, 0.25) is 0 Å². The van der Waals surface area contributed by atoms with Gasteiger partial charge >= 0.3 is 0 Å². The molecule has 0 heterocycles. The molecule has 1 aromatic rings. The lowest BCUT2D eigenvalue weighted by Gasteiger charge is -2.16. The number of hydrogen-bond donors (Lipinski definition) is 0. The standard InChI is InChI=1S/C15H21ClO3/c1-4-18-15(19-5-2)10-12(17)9-13-11(3)7-6-8-14(13)16/h6-8,15H,4-5,9-10H2,1-3H3.